The van der Waals surface area contributed by atoms with Crippen LogP contribution in [-0.4, -0.2) is 17.5 Å². The maximum absolute atomic E-state index is 5.93. The highest BCUT2D eigenvalue weighted by Gasteiger charge is 2.30. The SMILES string of the molecule is CC1CCC(N2CCc3ccc(N)cc3C2)CC1C. The van der Waals surface area contributed by atoms with Crippen molar-refractivity contribution in [1.82, 2.24) is 4.90 Å². The quantitative estimate of drug-likeness (QED) is 0.782. The molecule has 19 heavy (non-hydrogen) atoms. The van der Waals surface area contributed by atoms with Crippen LogP contribution in [0.1, 0.15) is 44.2 Å². The first-order valence-electron chi connectivity index (χ1n) is 7.75. The minimum Gasteiger partial charge on any atom is -0.399 e. The average molecular weight is 258 g/mol. The van der Waals surface area contributed by atoms with Crippen molar-refractivity contribution in [3.8, 4) is 0 Å². The van der Waals surface area contributed by atoms with Gasteiger partial charge in [-0.05, 0) is 60.8 Å². The van der Waals surface area contributed by atoms with Crippen molar-refractivity contribution in [3.05, 3.63) is 29.3 Å². The summed E-state index contributed by atoms with van der Waals surface area (Å²) < 4.78 is 0. The number of anilines is 1. The summed E-state index contributed by atoms with van der Waals surface area (Å²) in [6.07, 6.45) is 5.34. The highest BCUT2D eigenvalue weighted by Crippen LogP contribution is 2.34. The van der Waals surface area contributed by atoms with Gasteiger partial charge in [0.25, 0.3) is 0 Å². The minimum atomic E-state index is 0.792. The third kappa shape index (κ3) is 2.64. The molecular weight excluding hydrogens is 232 g/mol. The van der Waals surface area contributed by atoms with Crippen molar-refractivity contribution < 1.29 is 0 Å². The molecule has 1 aliphatic heterocycles. The number of nitrogen functional groups attached to an aromatic ring is 1. The van der Waals surface area contributed by atoms with Gasteiger partial charge in [0, 0.05) is 24.8 Å². The largest absolute Gasteiger partial charge is 0.399 e. The lowest BCUT2D eigenvalue weighted by molar-refractivity contribution is 0.0979. The first kappa shape index (κ1) is 13.0. The lowest BCUT2D eigenvalue weighted by Crippen LogP contribution is -2.42. The highest BCUT2D eigenvalue weighted by molar-refractivity contribution is 5.45. The Balaban J connectivity index is 1.71. The van der Waals surface area contributed by atoms with E-state index in [-0.39, 0.29) is 0 Å². The van der Waals surface area contributed by atoms with E-state index in [2.05, 4.69) is 30.9 Å². The fraction of sp³-hybridized carbons (Fsp3) is 0.647. The fourth-order valence-electron chi connectivity index (χ4n) is 3.76. The number of hydrogen-bond donors (Lipinski definition) is 1. The third-order valence-electron chi connectivity index (χ3n) is 5.36. The molecule has 1 aliphatic carbocycles. The van der Waals surface area contributed by atoms with E-state index in [1.165, 1.54) is 43.4 Å². The van der Waals surface area contributed by atoms with E-state index < -0.39 is 0 Å². The van der Waals surface area contributed by atoms with E-state index in [1.54, 1.807) is 0 Å². The van der Waals surface area contributed by atoms with Crippen LogP contribution >= 0.6 is 0 Å². The van der Waals surface area contributed by atoms with Crippen molar-refractivity contribution >= 4 is 5.69 Å². The predicted molar refractivity (Wildman–Crippen MR) is 80.9 cm³/mol. The van der Waals surface area contributed by atoms with E-state index in [4.69, 9.17) is 5.73 Å². The summed E-state index contributed by atoms with van der Waals surface area (Å²) in [5, 5.41) is 0. The van der Waals surface area contributed by atoms with Crippen LogP contribution in [0, 0.1) is 11.8 Å². The summed E-state index contributed by atoms with van der Waals surface area (Å²) in [7, 11) is 0. The van der Waals surface area contributed by atoms with Crippen LogP contribution in [0.2, 0.25) is 0 Å². The maximum atomic E-state index is 5.93. The molecule has 0 saturated heterocycles. The zero-order valence-corrected chi connectivity index (χ0v) is 12.2. The van der Waals surface area contributed by atoms with Gasteiger partial charge >= 0.3 is 0 Å². The molecular formula is C17H26N2. The second-order valence-electron chi connectivity index (χ2n) is 6.67. The van der Waals surface area contributed by atoms with Crippen LogP contribution in [0.15, 0.2) is 18.2 Å². The Bertz CT molecular complexity index is 455. The molecule has 0 radical (unpaired) electrons. The standard InChI is InChI=1S/C17H26N2/c1-12-3-6-17(9-13(12)2)19-8-7-14-4-5-16(18)10-15(14)11-19/h4-5,10,12-13,17H,3,6-9,11,18H2,1-2H3. The fourth-order valence-corrected chi connectivity index (χ4v) is 3.76. The van der Waals surface area contributed by atoms with Gasteiger partial charge in [-0.2, -0.15) is 0 Å². The van der Waals surface area contributed by atoms with Crippen LogP contribution in [0.3, 0.4) is 0 Å². The van der Waals surface area contributed by atoms with Crippen molar-refractivity contribution in [1.29, 1.82) is 0 Å². The molecule has 2 nitrogen and oxygen atoms in total. The normalized spacial score (nSPS) is 32.0. The van der Waals surface area contributed by atoms with Gasteiger partial charge in [-0.25, -0.2) is 0 Å². The monoisotopic (exact) mass is 258 g/mol. The Kier molecular flexibility index (Phi) is 3.53. The van der Waals surface area contributed by atoms with Gasteiger partial charge in [0.2, 0.25) is 0 Å². The number of hydrogen-bond acceptors (Lipinski definition) is 2. The molecule has 2 N–H and O–H groups in total. The second-order valence-corrected chi connectivity index (χ2v) is 6.67. The van der Waals surface area contributed by atoms with Crippen molar-refractivity contribution in [2.45, 2.75) is 52.1 Å². The molecule has 2 aliphatic rings. The first-order valence-corrected chi connectivity index (χ1v) is 7.75. The van der Waals surface area contributed by atoms with E-state index in [0.717, 1.165) is 30.1 Å². The van der Waals surface area contributed by atoms with Gasteiger partial charge in [-0.3, -0.25) is 4.90 Å². The highest BCUT2D eigenvalue weighted by atomic mass is 15.2. The molecule has 0 bridgehead atoms. The smallest absolute Gasteiger partial charge is 0.0317 e. The van der Waals surface area contributed by atoms with Crippen LogP contribution in [0.4, 0.5) is 5.69 Å². The molecule has 0 aromatic heterocycles. The van der Waals surface area contributed by atoms with E-state index in [1.807, 2.05) is 6.07 Å². The van der Waals surface area contributed by atoms with Gasteiger partial charge < -0.3 is 5.73 Å². The summed E-state index contributed by atoms with van der Waals surface area (Å²) >= 11 is 0. The molecule has 1 aromatic carbocycles. The van der Waals surface area contributed by atoms with E-state index >= 15 is 0 Å². The second kappa shape index (κ2) is 5.16. The topological polar surface area (TPSA) is 29.3 Å². The Morgan fingerprint density at radius 2 is 1.95 bits per heavy atom. The van der Waals surface area contributed by atoms with Crippen molar-refractivity contribution in [2.75, 3.05) is 12.3 Å². The number of benzene rings is 1. The zero-order valence-electron chi connectivity index (χ0n) is 12.2. The molecule has 0 spiro atoms. The lowest BCUT2D eigenvalue weighted by atomic mass is 9.78. The minimum absolute atomic E-state index is 0.792. The Morgan fingerprint density at radius 3 is 2.74 bits per heavy atom. The first-order chi connectivity index (χ1) is 9.13. The van der Waals surface area contributed by atoms with Gasteiger partial charge in [0.15, 0.2) is 0 Å². The molecule has 1 fully saturated rings. The van der Waals surface area contributed by atoms with E-state index in [0.29, 0.717) is 0 Å². The molecule has 0 amide bonds. The van der Waals surface area contributed by atoms with Crippen LogP contribution < -0.4 is 5.73 Å². The Labute approximate surface area is 117 Å². The maximum Gasteiger partial charge on any atom is 0.0317 e. The van der Waals surface area contributed by atoms with E-state index in [9.17, 15) is 0 Å². The summed E-state index contributed by atoms with van der Waals surface area (Å²) in [6.45, 7) is 7.16. The predicted octanol–water partition coefficient (Wildman–Crippen LogP) is 3.45. The molecule has 3 unspecified atom stereocenters. The molecule has 2 heteroatoms. The van der Waals surface area contributed by atoms with Crippen molar-refractivity contribution in [3.63, 3.8) is 0 Å². The summed E-state index contributed by atoms with van der Waals surface area (Å²) in [4.78, 5) is 2.70. The Morgan fingerprint density at radius 1 is 1.11 bits per heavy atom. The molecule has 1 heterocycles. The molecule has 3 atom stereocenters. The third-order valence-corrected chi connectivity index (χ3v) is 5.36. The van der Waals surface area contributed by atoms with Gasteiger partial charge in [-0.15, -0.1) is 0 Å². The number of fused-ring (bicyclic) bond motifs is 1. The number of nitrogens with zero attached hydrogens (tertiary/aromatic N) is 1. The number of nitrogens with two attached hydrogens (primary N) is 1. The molecule has 1 aromatic rings. The molecule has 1 saturated carbocycles. The summed E-state index contributed by atoms with van der Waals surface area (Å²) in [5.74, 6) is 1.78. The molecule has 104 valence electrons. The lowest BCUT2D eigenvalue weighted by Gasteiger charge is -2.41. The molecule has 3 rings (SSSR count). The van der Waals surface area contributed by atoms with Gasteiger partial charge in [0.1, 0.15) is 0 Å². The van der Waals surface area contributed by atoms with Crippen LogP contribution in [0.5, 0.6) is 0 Å². The number of rotatable bonds is 1. The average Bonchev–Trinajstić information content (AvgIpc) is 2.41. The van der Waals surface area contributed by atoms with Gasteiger partial charge in [0.05, 0.1) is 0 Å². The van der Waals surface area contributed by atoms with Gasteiger partial charge in [-0.1, -0.05) is 19.9 Å². The zero-order chi connectivity index (χ0) is 13.4. The van der Waals surface area contributed by atoms with Crippen LogP contribution in [-0.2, 0) is 13.0 Å². The Hall–Kier alpha value is -1.02. The summed E-state index contributed by atoms with van der Waals surface area (Å²) in [6, 6.07) is 7.23. The summed E-state index contributed by atoms with van der Waals surface area (Å²) in [5.41, 5.74) is 9.79. The van der Waals surface area contributed by atoms with Crippen LogP contribution in [0.25, 0.3) is 0 Å². The van der Waals surface area contributed by atoms with Crippen molar-refractivity contribution in [2.24, 2.45) is 11.8 Å².